The molecule has 0 unspecified atom stereocenters. The van der Waals surface area contributed by atoms with Crippen LogP contribution in [0, 0.1) is 0 Å². The van der Waals surface area contributed by atoms with Gasteiger partial charge in [0.2, 0.25) is 0 Å². The molecule has 0 heterocycles. The van der Waals surface area contributed by atoms with Gasteiger partial charge < -0.3 is 9.84 Å². The minimum Gasteiger partial charge on any atom is -0.467 e. The van der Waals surface area contributed by atoms with Gasteiger partial charge in [-0.15, -0.1) is 0 Å². The van der Waals surface area contributed by atoms with Crippen molar-refractivity contribution in [3.05, 3.63) is 0 Å². The highest BCUT2D eigenvalue weighted by Crippen LogP contribution is 2.14. The Kier molecular flexibility index (Phi) is 17.3. The standard InChI is InChI=1S/C20H40O3/c1-3-4-5-6-7-8-9-10-11-12-13-14-15-16-17-18-19(21)20(22)23-2/h19,21H,3-18H2,1-2H3/t19-/m0/s1. The monoisotopic (exact) mass is 328 g/mol. The molecule has 3 heteroatoms. The number of aliphatic hydroxyl groups excluding tert-OH is 1. The average molecular weight is 329 g/mol. The molecule has 0 aromatic carbocycles. The quantitative estimate of drug-likeness (QED) is 0.272. The molecule has 0 spiro atoms. The highest BCUT2D eigenvalue weighted by molar-refractivity contribution is 5.74. The van der Waals surface area contributed by atoms with E-state index in [9.17, 15) is 9.90 Å². The van der Waals surface area contributed by atoms with Crippen molar-refractivity contribution in [1.29, 1.82) is 0 Å². The fraction of sp³-hybridized carbons (Fsp3) is 0.950. The number of unbranched alkanes of at least 4 members (excludes halogenated alkanes) is 14. The molecule has 0 saturated heterocycles. The Morgan fingerprint density at radius 3 is 1.43 bits per heavy atom. The Balaban J connectivity index is 3.09. The number of esters is 1. The molecular formula is C20H40O3. The highest BCUT2D eigenvalue weighted by Gasteiger charge is 2.13. The minimum absolute atomic E-state index is 0.504. The molecule has 0 aliphatic carbocycles. The minimum atomic E-state index is -0.929. The van der Waals surface area contributed by atoms with Crippen molar-refractivity contribution in [3.63, 3.8) is 0 Å². The van der Waals surface area contributed by atoms with Crippen LogP contribution in [0.15, 0.2) is 0 Å². The van der Waals surface area contributed by atoms with Gasteiger partial charge in [0.1, 0.15) is 0 Å². The van der Waals surface area contributed by atoms with E-state index in [1.807, 2.05) is 0 Å². The van der Waals surface area contributed by atoms with E-state index in [0.717, 1.165) is 12.8 Å². The zero-order valence-electron chi connectivity index (χ0n) is 15.7. The van der Waals surface area contributed by atoms with E-state index in [1.165, 1.54) is 90.6 Å². The van der Waals surface area contributed by atoms with Crippen molar-refractivity contribution in [3.8, 4) is 0 Å². The number of methoxy groups -OCH3 is 1. The normalized spacial score (nSPS) is 12.3. The van der Waals surface area contributed by atoms with Gasteiger partial charge in [0.15, 0.2) is 6.10 Å². The number of hydrogen-bond donors (Lipinski definition) is 1. The molecule has 3 nitrogen and oxygen atoms in total. The van der Waals surface area contributed by atoms with Gasteiger partial charge in [-0.3, -0.25) is 0 Å². The molecule has 1 atom stereocenters. The number of carbonyl (C=O) groups excluding carboxylic acids is 1. The summed E-state index contributed by atoms with van der Waals surface area (Å²) in [5, 5.41) is 9.45. The first-order chi connectivity index (χ1) is 11.2. The molecule has 0 radical (unpaired) electrons. The molecule has 0 aliphatic rings. The van der Waals surface area contributed by atoms with Crippen LogP contribution in [0.25, 0.3) is 0 Å². The third-order valence-corrected chi connectivity index (χ3v) is 4.55. The van der Waals surface area contributed by atoms with Crippen molar-refractivity contribution in [2.75, 3.05) is 7.11 Å². The lowest BCUT2D eigenvalue weighted by atomic mass is 10.0. The third-order valence-electron chi connectivity index (χ3n) is 4.55. The summed E-state index contributed by atoms with van der Waals surface area (Å²) in [6, 6.07) is 0. The molecule has 0 aromatic heterocycles. The summed E-state index contributed by atoms with van der Waals surface area (Å²) >= 11 is 0. The van der Waals surface area contributed by atoms with E-state index in [4.69, 9.17) is 0 Å². The Morgan fingerprint density at radius 2 is 1.09 bits per heavy atom. The summed E-state index contributed by atoms with van der Waals surface area (Å²) in [7, 11) is 1.32. The topological polar surface area (TPSA) is 46.5 Å². The van der Waals surface area contributed by atoms with Crippen LogP contribution in [0.2, 0.25) is 0 Å². The summed E-state index contributed by atoms with van der Waals surface area (Å²) in [6.07, 6.45) is 19.5. The SMILES string of the molecule is CCCCCCCCCCCCCCCCC[C@H](O)C(=O)OC. The average Bonchev–Trinajstić information content (AvgIpc) is 2.57. The number of ether oxygens (including phenoxy) is 1. The van der Waals surface area contributed by atoms with Gasteiger partial charge in [-0.25, -0.2) is 4.79 Å². The van der Waals surface area contributed by atoms with Crippen LogP contribution in [0.5, 0.6) is 0 Å². The lowest BCUT2D eigenvalue weighted by Gasteiger charge is -2.07. The van der Waals surface area contributed by atoms with Crippen LogP contribution in [-0.2, 0) is 9.53 Å². The highest BCUT2D eigenvalue weighted by atomic mass is 16.5. The van der Waals surface area contributed by atoms with Crippen LogP contribution in [0.3, 0.4) is 0 Å². The van der Waals surface area contributed by atoms with Crippen LogP contribution in [0.4, 0.5) is 0 Å². The van der Waals surface area contributed by atoms with Crippen molar-refractivity contribution < 1.29 is 14.6 Å². The van der Waals surface area contributed by atoms with Crippen molar-refractivity contribution in [2.45, 2.75) is 116 Å². The lowest BCUT2D eigenvalue weighted by Crippen LogP contribution is -2.21. The molecule has 0 aliphatic heterocycles. The molecule has 1 N–H and O–H groups in total. The van der Waals surface area contributed by atoms with E-state index in [2.05, 4.69) is 11.7 Å². The maximum Gasteiger partial charge on any atom is 0.334 e. The summed E-state index contributed by atoms with van der Waals surface area (Å²) in [5.41, 5.74) is 0. The predicted octanol–water partition coefficient (Wildman–Crippen LogP) is 5.78. The fourth-order valence-corrected chi connectivity index (χ4v) is 2.96. The van der Waals surface area contributed by atoms with E-state index < -0.39 is 12.1 Å². The molecular weight excluding hydrogens is 288 g/mol. The second-order valence-electron chi connectivity index (χ2n) is 6.78. The maximum absolute atomic E-state index is 11.0. The largest absolute Gasteiger partial charge is 0.467 e. The van der Waals surface area contributed by atoms with E-state index in [-0.39, 0.29) is 0 Å². The van der Waals surface area contributed by atoms with E-state index in [0.29, 0.717) is 6.42 Å². The predicted molar refractivity (Wildman–Crippen MR) is 97.6 cm³/mol. The van der Waals surface area contributed by atoms with Gasteiger partial charge in [0, 0.05) is 0 Å². The molecule has 0 bridgehead atoms. The van der Waals surface area contributed by atoms with Crippen molar-refractivity contribution in [2.24, 2.45) is 0 Å². The van der Waals surface area contributed by atoms with Gasteiger partial charge in [-0.2, -0.15) is 0 Å². The molecule has 0 saturated carbocycles. The van der Waals surface area contributed by atoms with Gasteiger partial charge in [0.05, 0.1) is 7.11 Å². The molecule has 23 heavy (non-hydrogen) atoms. The molecule has 0 amide bonds. The molecule has 0 rings (SSSR count). The molecule has 138 valence electrons. The Morgan fingerprint density at radius 1 is 0.739 bits per heavy atom. The van der Waals surface area contributed by atoms with Crippen molar-refractivity contribution >= 4 is 5.97 Å². The van der Waals surface area contributed by atoms with E-state index >= 15 is 0 Å². The first-order valence-corrected chi connectivity index (χ1v) is 9.98. The second-order valence-corrected chi connectivity index (χ2v) is 6.78. The number of hydrogen-bond acceptors (Lipinski definition) is 3. The lowest BCUT2D eigenvalue weighted by molar-refractivity contribution is -0.150. The third kappa shape index (κ3) is 16.1. The van der Waals surface area contributed by atoms with Crippen LogP contribution < -0.4 is 0 Å². The van der Waals surface area contributed by atoms with Gasteiger partial charge >= 0.3 is 5.97 Å². The van der Waals surface area contributed by atoms with Gasteiger partial charge in [-0.1, -0.05) is 103 Å². The molecule has 0 fully saturated rings. The van der Waals surface area contributed by atoms with Crippen LogP contribution >= 0.6 is 0 Å². The summed E-state index contributed by atoms with van der Waals surface area (Å²) < 4.78 is 4.50. The Bertz CT molecular complexity index is 253. The van der Waals surface area contributed by atoms with Gasteiger partial charge in [0.25, 0.3) is 0 Å². The summed E-state index contributed by atoms with van der Waals surface area (Å²) in [5.74, 6) is -0.504. The Labute approximate surface area is 144 Å². The maximum atomic E-state index is 11.0. The first-order valence-electron chi connectivity index (χ1n) is 9.98. The van der Waals surface area contributed by atoms with E-state index in [1.54, 1.807) is 0 Å². The number of carbonyl (C=O) groups is 1. The zero-order valence-corrected chi connectivity index (χ0v) is 15.7. The zero-order chi connectivity index (χ0) is 17.2. The Hall–Kier alpha value is -0.570. The van der Waals surface area contributed by atoms with Crippen LogP contribution in [0.1, 0.15) is 110 Å². The van der Waals surface area contributed by atoms with Crippen molar-refractivity contribution in [1.82, 2.24) is 0 Å². The smallest absolute Gasteiger partial charge is 0.334 e. The number of aliphatic hydroxyl groups is 1. The summed E-state index contributed by atoms with van der Waals surface area (Å²) in [4.78, 5) is 11.0. The fourth-order valence-electron chi connectivity index (χ4n) is 2.96. The second kappa shape index (κ2) is 17.8. The number of rotatable bonds is 17. The van der Waals surface area contributed by atoms with Gasteiger partial charge in [-0.05, 0) is 6.42 Å². The molecule has 0 aromatic rings. The van der Waals surface area contributed by atoms with Crippen LogP contribution in [-0.4, -0.2) is 24.3 Å². The first kappa shape index (κ1) is 22.4. The summed E-state index contributed by atoms with van der Waals surface area (Å²) in [6.45, 7) is 2.27.